The molecular formula is C24H41N7O8. The molecule has 0 aromatic heterocycles. The van der Waals surface area contributed by atoms with Gasteiger partial charge in [0.15, 0.2) is 0 Å². The topological polar surface area (TPSA) is 263 Å². The van der Waals surface area contributed by atoms with Crippen molar-refractivity contribution in [1.29, 1.82) is 0 Å². The van der Waals surface area contributed by atoms with E-state index in [1.165, 1.54) is 0 Å². The number of primary amides is 3. The van der Waals surface area contributed by atoms with E-state index >= 15 is 0 Å². The van der Waals surface area contributed by atoms with Crippen LogP contribution < -0.4 is 38.5 Å². The maximum absolute atomic E-state index is 13.2. The van der Waals surface area contributed by atoms with Gasteiger partial charge in [0, 0.05) is 19.8 Å². The monoisotopic (exact) mass is 555 g/mol. The first-order chi connectivity index (χ1) is 18.0. The van der Waals surface area contributed by atoms with E-state index in [4.69, 9.17) is 17.2 Å². The fourth-order valence-corrected chi connectivity index (χ4v) is 3.51. The molecule has 5 unspecified atom stereocenters. The molecule has 0 fully saturated rings. The molecule has 0 rings (SSSR count). The highest BCUT2D eigenvalue weighted by molar-refractivity contribution is 6.35. The highest BCUT2D eigenvalue weighted by Crippen LogP contribution is 2.11. The molecule has 220 valence electrons. The number of carbonyl (C=O) groups is 8. The van der Waals surface area contributed by atoms with Gasteiger partial charge >= 0.3 is 0 Å². The van der Waals surface area contributed by atoms with Crippen molar-refractivity contribution in [2.24, 2.45) is 29.0 Å². The quantitative estimate of drug-likeness (QED) is 0.0868. The van der Waals surface area contributed by atoms with E-state index in [0.717, 1.165) is 6.92 Å². The number of Topliss-reactive ketones (excluding diaryl/α,β-unsaturated/α-hetero) is 1. The summed E-state index contributed by atoms with van der Waals surface area (Å²) in [6.45, 7) is 7.97. The molecule has 0 saturated heterocycles. The van der Waals surface area contributed by atoms with Crippen LogP contribution in [0.2, 0.25) is 0 Å². The third-order valence-corrected chi connectivity index (χ3v) is 6.01. The number of hydrogen-bond donors (Lipinski definition) is 7. The van der Waals surface area contributed by atoms with Crippen LogP contribution in [0.15, 0.2) is 0 Å². The zero-order chi connectivity index (χ0) is 30.4. The summed E-state index contributed by atoms with van der Waals surface area (Å²) in [6.07, 6.45) is -0.832. The maximum atomic E-state index is 13.2. The van der Waals surface area contributed by atoms with E-state index in [0.29, 0.717) is 6.42 Å². The molecule has 0 aliphatic rings. The highest BCUT2D eigenvalue weighted by Gasteiger charge is 2.33. The zero-order valence-corrected chi connectivity index (χ0v) is 23.0. The molecule has 0 aromatic carbocycles. The van der Waals surface area contributed by atoms with Crippen molar-refractivity contribution in [1.82, 2.24) is 21.3 Å². The summed E-state index contributed by atoms with van der Waals surface area (Å²) in [5.41, 5.74) is 15.5. The van der Waals surface area contributed by atoms with Crippen LogP contribution in [0, 0.1) is 11.8 Å². The number of hydrogen-bond acceptors (Lipinski definition) is 8. The van der Waals surface area contributed by atoms with Crippen molar-refractivity contribution in [3.05, 3.63) is 0 Å². The third-order valence-electron chi connectivity index (χ3n) is 6.01. The summed E-state index contributed by atoms with van der Waals surface area (Å²) in [7, 11) is 0. The summed E-state index contributed by atoms with van der Waals surface area (Å²) < 4.78 is 0. The molecule has 0 heterocycles. The number of amides is 7. The first-order valence-electron chi connectivity index (χ1n) is 12.6. The lowest BCUT2D eigenvalue weighted by atomic mass is 9.96. The Hall–Kier alpha value is -4.04. The second kappa shape index (κ2) is 16.7. The van der Waals surface area contributed by atoms with Crippen molar-refractivity contribution in [2.75, 3.05) is 0 Å². The van der Waals surface area contributed by atoms with Crippen LogP contribution in [0.5, 0.6) is 0 Å². The normalized spacial score (nSPS) is 14.6. The number of rotatable bonds is 18. The van der Waals surface area contributed by atoms with Gasteiger partial charge in [-0.15, -0.1) is 0 Å². The number of nitrogens with one attached hydrogen (secondary N) is 4. The standard InChI is InChI=1S/C24H41N7O8/c1-6-12(4)19(24(39)30-18(11(2)3)21(27)36)31-23(38)15(8-10-17(25)34)29-22(37)14(28-13(5)32)7-9-16(33)20(26)35/h11-12,14-15,18-19H,6-10H2,1-5H3,(H2,25,34)(H2,26,35)(H2,27,36)(H,28,32)(H,29,37)(H,30,39)(H,31,38). The van der Waals surface area contributed by atoms with E-state index in [1.807, 2.05) is 0 Å². The Morgan fingerprint density at radius 2 is 1.15 bits per heavy atom. The average molecular weight is 556 g/mol. The second-order valence-corrected chi connectivity index (χ2v) is 9.65. The van der Waals surface area contributed by atoms with Gasteiger partial charge in [-0.2, -0.15) is 0 Å². The smallest absolute Gasteiger partial charge is 0.284 e. The van der Waals surface area contributed by atoms with E-state index in [1.54, 1.807) is 27.7 Å². The predicted molar refractivity (Wildman–Crippen MR) is 139 cm³/mol. The van der Waals surface area contributed by atoms with Gasteiger partial charge in [0.05, 0.1) is 0 Å². The molecule has 10 N–H and O–H groups in total. The second-order valence-electron chi connectivity index (χ2n) is 9.65. The van der Waals surface area contributed by atoms with Gasteiger partial charge in [-0.25, -0.2) is 0 Å². The number of nitrogens with two attached hydrogens (primary N) is 3. The lowest BCUT2D eigenvalue weighted by Crippen LogP contribution is -2.60. The molecule has 39 heavy (non-hydrogen) atoms. The number of carbonyl (C=O) groups excluding carboxylic acids is 8. The Labute approximate surface area is 227 Å². The third kappa shape index (κ3) is 12.8. The largest absolute Gasteiger partial charge is 0.370 e. The maximum Gasteiger partial charge on any atom is 0.284 e. The van der Waals surface area contributed by atoms with Crippen molar-refractivity contribution in [2.45, 2.75) is 90.9 Å². The Bertz CT molecular complexity index is 953. The summed E-state index contributed by atoms with van der Waals surface area (Å²) in [5.74, 6) is -7.42. The van der Waals surface area contributed by atoms with Gasteiger partial charge in [0.1, 0.15) is 24.2 Å². The van der Waals surface area contributed by atoms with Crippen LogP contribution in [-0.2, 0) is 38.4 Å². The van der Waals surface area contributed by atoms with Gasteiger partial charge in [0.2, 0.25) is 41.2 Å². The minimum atomic E-state index is -1.37. The Kier molecular flexibility index (Phi) is 15.0. The van der Waals surface area contributed by atoms with Gasteiger partial charge in [0.25, 0.3) is 5.91 Å². The Morgan fingerprint density at radius 1 is 0.667 bits per heavy atom. The van der Waals surface area contributed by atoms with Crippen molar-refractivity contribution in [3.8, 4) is 0 Å². The summed E-state index contributed by atoms with van der Waals surface area (Å²) >= 11 is 0. The van der Waals surface area contributed by atoms with E-state index in [9.17, 15) is 38.4 Å². The predicted octanol–water partition coefficient (Wildman–Crippen LogP) is -2.77. The lowest BCUT2D eigenvalue weighted by molar-refractivity contribution is -0.137. The van der Waals surface area contributed by atoms with Crippen molar-refractivity contribution >= 4 is 47.1 Å². The molecule has 0 aliphatic carbocycles. The molecule has 0 aliphatic heterocycles. The highest BCUT2D eigenvalue weighted by atomic mass is 16.2. The van der Waals surface area contributed by atoms with Crippen LogP contribution >= 0.6 is 0 Å². The molecule has 7 amide bonds. The van der Waals surface area contributed by atoms with Gasteiger partial charge in [-0.05, 0) is 24.7 Å². The fourth-order valence-electron chi connectivity index (χ4n) is 3.51. The van der Waals surface area contributed by atoms with Crippen molar-refractivity contribution < 1.29 is 38.4 Å². The van der Waals surface area contributed by atoms with Crippen LogP contribution in [0.1, 0.15) is 66.7 Å². The van der Waals surface area contributed by atoms with E-state index in [2.05, 4.69) is 21.3 Å². The molecule has 0 aromatic rings. The zero-order valence-electron chi connectivity index (χ0n) is 23.0. The van der Waals surface area contributed by atoms with Gasteiger partial charge < -0.3 is 38.5 Å². The molecule has 5 atom stereocenters. The molecule has 0 spiro atoms. The van der Waals surface area contributed by atoms with Crippen LogP contribution in [-0.4, -0.2) is 71.3 Å². The molecule has 0 saturated carbocycles. The Morgan fingerprint density at radius 3 is 1.59 bits per heavy atom. The molecule has 0 radical (unpaired) electrons. The molecule has 15 heteroatoms. The first kappa shape index (κ1) is 35.0. The molecule has 0 bridgehead atoms. The first-order valence-corrected chi connectivity index (χ1v) is 12.6. The van der Waals surface area contributed by atoms with Crippen LogP contribution in [0.4, 0.5) is 0 Å². The minimum Gasteiger partial charge on any atom is -0.370 e. The molecule has 15 nitrogen and oxygen atoms in total. The summed E-state index contributed by atoms with van der Waals surface area (Å²) in [5, 5.41) is 9.82. The SMILES string of the molecule is CCC(C)C(NC(=O)C(CCC(N)=O)NC(=O)C(CCC(=O)C(N)=O)NC(C)=O)C(=O)NC(C(N)=O)C(C)C. The van der Waals surface area contributed by atoms with E-state index in [-0.39, 0.29) is 25.2 Å². The summed E-state index contributed by atoms with van der Waals surface area (Å²) in [4.78, 5) is 96.6. The van der Waals surface area contributed by atoms with Gasteiger partial charge in [-0.3, -0.25) is 38.4 Å². The minimum absolute atomic E-state index is 0.245. The molecular weight excluding hydrogens is 514 g/mol. The average Bonchev–Trinajstić information content (AvgIpc) is 2.83. The van der Waals surface area contributed by atoms with Gasteiger partial charge in [-0.1, -0.05) is 34.1 Å². The fraction of sp³-hybridized carbons (Fsp3) is 0.667. The number of ketones is 1. The Balaban J connectivity index is 5.91. The van der Waals surface area contributed by atoms with E-state index < -0.39 is 83.6 Å². The van der Waals surface area contributed by atoms with Crippen molar-refractivity contribution in [3.63, 3.8) is 0 Å². The van der Waals surface area contributed by atoms with Crippen LogP contribution in [0.25, 0.3) is 0 Å². The summed E-state index contributed by atoms with van der Waals surface area (Å²) in [6, 6.07) is -4.81. The van der Waals surface area contributed by atoms with Crippen LogP contribution in [0.3, 0.4) is 0 Å². The lowest BCUT2D eigenvalue weighted by Gasteiger charge is -2.29.